The maximum atomic E-state index is 0. The molecule has 0 aromatic heterocycles. The van der Waals surface area contributed by atoms with E-state index in [0.29, 0.717) is 0 Å². The van der Waals surface area contributed by atoms with Gasteiger partial charge in [-0.25, -0.2) is 0 Å². The molecule has 5 nitrogen and oxygen atoms in total. The molecular formula is H2Li2Nb2O5Ti2. The minimum absolute atomic E-state index is 0. The largest absolute Gasteiger partial charge is 5.00 e. The zero-order chi connectivity index (χ0) is 0. The second kappa shape index (κ2) is 152. The van der Waals surface area contributed by atoms with Crippen LogP contribution in [0.5, 0.6) is 0 Å². The average Bonchev–Trinajstić information content (AvgIpc) is 0. The summed E-state index contributed by atoms with van der Waals surface area (Å²) in [4.78, 5) is 0. The Labute approximate surface area is 151 Å². The van der Waals surface area contributed by atoms with Crippen molar-refractivity contribution in [3.63, 3.8) is 0 Å². The van der Waals surface area contributed by atoms with E-state index in [-0.39, 0.29) is 153 Å². The van der Waals surface area contributed by atoms with Crippen LogP contribution in [0.2, 0.25) is 0 Å². The van der Waals surface area contributed by atoms with Gasteiger partial charge in [-0.3, -0.25) is 0 Å². The second-order valence-corrected chi connectivity index (χ2v) is 0. The molecule has 0 aliphatic heterocycles. The SMILES string of the molecule is [LiH].[LiH].[Nb+5].[Nb+5].[O-2].[O-2].[O-2].[O-2].[O-2].[Ti].[Ti]. The van der Waals surface area contributed by atoms with Gasteiger partial charge in [-0.05, 0) is 0 Å². The Morgan fingerprint density at radius 3 is 0.364 bits per heavy atom. The molecule has 0 N–H and O–H groups in total. The van der Waals surface area contributed by atoms with E-state index in [1.807, 2.05) is 0 Å². The van der Waals surface area contributed by atoms with E-state index in [2.05, 4.69) is 0 Å². The van der Waals surface area contributed by atoms with Crippen molar-refractivity contribution in [3.8, 4) is 0 Å². The minimum atomic E-state index is 0. The number of rotatable bonds is 0. The number of hydrogen-bond donors (Lipinski definition) is 0. The zero-order valence-corrected chi connectivity index (χ0v) is 11.5. The Morgan fingerprint density at radius 1 is 0.364 bits per heavy atom. The normalized spacial score (nSPS) is 0. The van der Waals surface area contributed by atoms with Crippen molar-refractivity contribution in [1.82, 2.24) is 0 Å². The van der Waals surface area contributed by atoms with Gasteiger partial charge in [-0.2, -0.15) is 0 Å². The van der Waals surface area contributed by atoms with Crippen LogP contribution in [-0.2, 0) is 116 Å². The van der Waals surface area contributed by atoms with Crippen molar-refractivity contribution < 1.29 is 116 Å². The quantitative estimate of drug-likeness (QED) is 0.435. The maximum absolute atomic E-state index is 0. The van der Waals surface area contributed by atoms with Crippen molar-refractivity contribution in [2.75, 3.05) is 0 Å². The summed E-state index contributed by atoms with van der Waals surface area (Å²) in [7, 11) is 0. The summed E-state index contributed by atoms with van der Waals surface area (Å²) in [5.41, 5.74) is 0. The van der Waals surface area contributed by atoms with Crippen molar-refractivity contribution in [3.05, 3.63) is 0 Å². The van der Waals surface area contributed by atoms with Gasteiger partial charge in [0.05, 0.1) is 0 Å². The Balaban J connectivity index is 0. The first-order valence-electron chi connectivity index (χ1n) is 0. The molecule has 0 saturated carbocycles. The summed E-state index contributed by atoms with van der Waals surface area (Å²) in [6.45, 7) is 0. The van der Waals surface area contributed by atoms with Gasteiger partial charge in [0, 0.05) is 43.4 Å². The van der Waals surface area contributed by atoms with E-state index in [0.717, 1.165) is 0 Å². The zero-order valence-electron chi connectivity index (χ0n) is 3.94. The molecule has 0 bridgehead atoms. The first-order valence-corrected chi connectivity index (χ1v) is 0. The maximum Gasteiger partial charge on any atom is 5.00 e. The Hall–Kier alpha value is 3.90. The first-order chi connectivity index (χ1) is 0. The van der Waals surface area contributed by atoms with Gasteiger partial charge in [-0.1, -0.05) is 0 Å². The molecule has 0 rings (SSSR count). The van der Waals surface area contributed by atoms with Crippen LogP contribution < -0.4 is 0 Å². The molecular weight excluding hydrogens is 375 g/mol. The molecule has 0 aromatic carbocycles. The van der Waals surface area contributed by atoms with Crippen LogP contribution in [0.4, 0.5) is 0 Å². The van der Waals surface area contributed by atoms with Crippen LogP contribution in [0.25, 0.3) is 0 Å². The molecule has 0 amide bonds. The molecule has 0 atom stereocenters. The van der Waals surface area contributed by atoms with Gasteiger partial charge in [0.15, 0.2) is 0 Å². The molecule has 0 unspecified atom stereocenters. The van der Waals surface area contributed by atoms with Gasteiger partial charge in [0.2, 0.25) is 0 Å². The molecule has 0 saturated heterocycles. The van der Waals surface area contributed by atoms with Crippen molar-refractivity contribution >= 4 is 37.7 Å². The Bertz CT molecular complexity index is 20.4. The van der Waals surface area contributed by atoms with E-state index in [1.165, 1.54) is 0 Å². The molecule has 11 heavy (non-hydrogen) atoms. The van der Waals surface area contributed by atoms with E-state index in [4.69, 9.17) is 0 Å². The van der Waals surface area contributed by atoms with E-state index in [9.17, 15) is 0 Å². The third kappa shape index (κ3) is 129. The molecule has 0 radical (unpaired) electrons. The molecule has 0 fully saturated rings. The van der Waals surface area contributed by atoms with E-state index in [1.54, 1.807) is 0 Å². The fourth-order valence-corrected chi connectivity index (χ4v) is 0. The predicted octanol–water partition coefficient (Wildman–Crippen LogP) is -1.90. The summed E-state index contributed by atoms with van der Waals surface area (Å²) in [5.74, 6) is 0. The second-order valence-electron chi connectivity index (χ2n) is 0. The van der Waals surface area contributed by atoms with Gasteiger partial charge in [-0.15, -0.1) is 0 Å². The summed E-state index contributed by atoms with van der Waals surface area (Å²) in [5, 5.41) is 0. The molecule has 0 aromatic rings. The van der Waals surface area contributed by atoms with E-state index < -0.39 is 0 Å². The van der Waals surface area contributed by atoms with Crippen LogP contribution in [0, 0.1) is 0 Å². The van der Waals surface area contributed by atoms with Crippen molar-refractivity contribution in [2.45, 2.75) is 0 Å². The van der Waals surface area contributed by atoms with Crippen molar-refractivity contribution in [1.29, 1.82) is 0 Å². The molecule has 52 valence electrons. The fourth-order valence-electron chi connectivity index (χ4n) is 0. The molecule has 0 aliphatic rings. The molecule has 0 aliphatic carbocycles. The molecule has 0 heterocycles. The van der Waals surface area contributed by atoms with Crippen molar-refractivity contribution in [2.24, 2.45) is 0 Å². The summed E-state index contributed by atoms with van der Waals surface area (Å²) in [6.07, 6.45) is 0. The Kier molecular flexibility index (Phi) is 2610. The van der Waals surface area contributed by atoms with Crippen LogP contribution in [-0.4, -0.2) is 37.7 Å². The topological polar surface area (TPSA) is 142 Å². The van der Waals surface area contributed by atoms with Crippen LogP contribution >= 0.6 is 0 Å². The predicted molar refractivity (Wildman–Crippen MR) is 17.7 cm³/mol. The summed E-state index contributed by atoms with van der Waals surface area (Å²) in [6, 6.07) is 0. The third-order valence-corrected chi connectivity index (χ3v) is 0. The average molecular weight is 377 g/mol. The molecule has 11 heteroatoms. The van der Waals surface area contributed by atoms with Crippen LogP contribution in [0.1, 0.15) is 0 Å². The smallest absolute Gasteiger partial charge is 2.00 e. The van der Waals surface area contributed by atoms with Crippen LogP contribution in [0.15, 0.2) is 0 Å². The van der Waals surface area contributed by atoms with E-state index >= 15 is 0 Å². The van der Waals surface area contributed by atoms with Crippen LogP contribution in [0.3, 0.4) is 0 Å². The number of hydrogen-bond acceptors (Lipinski definition) is 0. The van der Waals surface area contributed by atoms with Gasteiger partial charge >= 0.3 is 82.5 Å². The first kappa shape index (κ1) is 189. The third-order valence-electron chi connectivity index (χ3n) is 0. The fraction of sp³-hybridized carbons (Fsp3) is 0. The van der Waals surface area contributed by atoms with Gasteiger partial charge in [0.25, 0.3) is 0 Å². The summed E-state index contributed by atoms with van der Waals surface area (Å²) < 4.78 is 0. The monoisotopic (exact) mass is 378 g/mol. The molecule has 0 spiro atoms. The Morgan fingerprint density at radius 2 is 0.364 bits per heavy atom. The summed E-state index contributed by atoms with van der Waals surface area (Å²) >= 11 is 0. The van der Waals surface area contributed by atoms with Gasteiger partial charge < -0.3 is 27.4 Å². The standard InChI is InChI=1S/2Li.2Nb.5O.2Ti.2H/q;;2*+5;5*-2;;;;. The van der Waals surface area contributed by atoms with Gasteiger partial charge in [0.1, 0.15) is 0 Å². The minimum Gasteiger partial charge on any atom is -2.00 e.